The average molecular weight is 929 g/mol. The molecule has 0 heterocycles. The fourth-order valence-corrected chi connectivity index (χ4v) is 7.14. The number of carbonyl (C=O) groups is 3. The number of ether oxygens (including phenoxy) is 3. The molecule has 0 amide bonds. The Morgan fingerprint density at radius 2 is 0.612 bits per heavy atom. The molecule has 0 spiro atoms. The predicted octanol–water partition coefficient (Wildman–Crippen LogP) is 18.3. The van der Waals surface area contributed by atoms with Crippen LogP contribution in [0.2, 0.25) is 0 Å². The van der Waals surface area contributed by atoms with Crippen molar-refractivity contribution in [2.45, 2.75) is 245 Å². The van der Waals surface area contributed by atoms with Gasteiger partial charge in [-0.25, -0.2) is 0 Å². The van der Waals surface area contributed by atoms with Gasteiger partial charge in [-0.3, -0.25) is 14.4 Å². The van der Waals surface area contributed by atoms with E-state index >= 15 is 0 Å². The van der Waals surface area contributed by atoms with Crippen LogP contribution in [-0.4, -0.2) is 37.2 Å². The minimum absolute atomic E-state index is 0.117. The third kappa shape index (κ3) is 52.9. The lowest BCUT2D eigenvalue weighted by Gasteiger charge is -2.18. The molecule has 0 aromatic rings. The van der Waals surface area contributed by atoms with Crippen LogP contribution in [0.3, 0.4) is 0 Å². The molecule has 0 aromatic carbocycles. The van der Waals surface area contributed by atoms with Crippen molar-refractivity contribution < 1.29 is 28.6 Å². The lowest BCUT2D eigenvalue weighted by atomic mass is 10.1. The van der Waals surface area contributed by atoms with Crippen LogP contribution in [0.4, 0.5) is 0 Å². The van der Waals surface area contributed by atoms with E-state index in [0.29, 0.717) is 19.3 Å². The number of carbonyl (C=O) groups excluding carboxylic acids is 3. The molecular weight excluding hydrogens is 829 g/mol. The summed E-state index contributed by atoms with van der Waals surface area (Å²) in [5.74, 6) is -1.03. The molecule has 6 heteroatoms. The van der Waals surface area contributed by atoms with Gasteiger partial charge in [0.05, 0.1) is 0 Å². The molecular formula is C61H100O6. The maximum atomic E-state index is 12.8. The summed E-state index contributed by atoms with van der Waals surface area (Å²) >= 11 is 0. The normalized spacial score (nSPS) is 12.9. The van der Waals surface area contributed by atoms with E-state index < -0.39 is 6.10 Å². The number of esters is 3. The third-order valence-electron chi connectivity index (χ3n) is 11.2. The molecule has 0 N–H and O–H groups in total. The summed E-state index contributed by atoms with van der Waals surface area (Å²) in [5.41, 5.74) is 0. The van der Waals surface area contributed by atoms with Gasteiger partial charge < -0.3 is 14.2 Å². The van der Waals surface area contributed by atoms with Crippen molar-refractivity contribution in [3.8, 4) is 0 Å². The zero-order valence-electron chi connectivity index (χ0n) is 43.4. The van der Waals surface area contributed by atoms with Crippen molar-refractivity contribution >= 4 is 17.9 Å². The quantitative estimate of drug-likeness (QED) is 0.0262. The highest BCUT2D eigenvalue weighted by Gasteiger charge is 2.19. The van der Waals surface area contributed by atoms with E-state index in [-0.39, 0.29) is 37.5 Å². The molecule has 0 radical (unpaired) electrons. The lowest BCUT2D eigenvalue weighted by Crippen LogP contribution is -2.30. The summed E-state index contributed by atoms with van der Waals surface area (Å²) in [6.07, 6.45) is 73.7. The fourth-order valence-electron chi connectivity index (χ4n) is 7.14. The van der Waals surface area contributed by atoms with Crippen molar-refractivity contribution in [2.24, 2.45) is 0 Å². The van der Waals surface area contributed by atoms with Crippen molar-refractivity contribution in [3.05, 3.63) is 109 Å². The topological polar surface area (TPSA) is 78.9 Å². The maximum absolute atomic E-state index is 12.8. The first-order valence-electron chi connectivity index (χ1n) is 27.4. The minimum Gasteiger partial charge on any atom is -0.462 e. The SMILES string of the molecule is CC/C=C/C/C=C/C/C=C/C/C=C/C/C=C/CCCCCC(=O)OCC(COC(=O)CC/C=C/C/C=C/CCCCCCCC)OC(=O)CCCCCCCCC/C=C/C/C=C/CCCCC. The minimum atomic E-state index is -0.820. The predicted molar refractivity (Wildman–Crippen MR) is 288 cm³/mol. The Bertz CT molecular complexity index is 1390. The average Bonchev–Trinajstić information content (AvgIpc) is 3.33. The highest BCUT2D eigenvalue weighted by molar-refractivity contribution is 5.71. The Hall–Kier alpha value is -3.93. The zero-order chi connectivity index (χ0) is 48.6. The van der Waals surface area contributed by atoms with E-state index in [2.05, 4.69) is 124 Å². The van der Waals surface area contributed by atoms with Crippen LogP contribution in [0, 0.1) is 0 Å². The van der Waals surface area contributed by atoms with E-state index in [1.54, 1.807) is 0 Å². The first-order chi connectivity index (χ1) is 33.0. The summed E-state index contributed by atoms with van der Waals surface area (Å²) in [6, 6.07) is 0. The third-order valence-corrected chi connectivity index (χ3v) is 11.2. The standard InChI is InChI=1S/C61H100O6/c1-4-7-10-13-16-19-22-25-27-29-30-32-33-36-39-42-45-48-51-54-60(63)66-57-58(56-65-59(62)53-50-47-44-41-38-35-24-21-18-15-12-9-6-3)67-61(64)55-52-49-46-43-40-37-34-31-28-26-23-20-17-14-11-8-5-2/h7,10,16-17,19-20,25-28,30,32,35-36,38-39,44,47,58H,4-6,8-9,11-15,18,21-24,29,31,33-34,37,40-43,45-46,48-57H2,1-3H3/b10-7+,19-16+,20-17+,27-25+,28-26+,32-30+,38-35+,39-36+,47-44+. The van der Waals surface area contributed by atoms with Crippen LogP contribution < -0.4 is 0 Å². The summed E-state index contributed by atoms with van der Waals surface area (Å²) in [4.78, 5) is 38.0. The van der Waals surface area contributed by atoms with Crippen molar-refractivity contribution in [1.82, 2.24) is 0 Å². The van der Waals surface area contributed by atoms with E-state index in [9.17, 15) is 14.4 Å². The number of unbranched alkanes of at least 4 members (excludes halogenated alkanes) is 19. The highest BCUT2D eigenvalue weighted by Crippen LogP contribution is 2.13. The van der Waals surface area contributed by atoms with Gasteiger partial charge in [-0.15, -0.1) is 0 Å². The van der Waals surface area contributed by atoms with Gasteiger partial charge in [-0.05, 0) is 116 Å². The molecule has 0 aliphatic heterocycles. The van der Waals surface area contributed by atoms with Gasteiger partial charge in [-0.2, -0.15) is 0 Å². The Morgan fingerprint density at radius 1 is 0.313 bits per heavy atom. The van der Waals surface area contributed by atoms with Crippen molar-refractivity contribution in [2.75, 3.05) is 13.2 Å². The van der Waals surface area contributed by atoms with Gasteiger partial charge in [0, 0.05) is 19.3 Å². The first kappa shape index (κ1) is 63.1. The second-order valence-electron chi connectivity index (χ2n) is 17.7. The molecule has 0 aliphatic rings. The van der Waals surface area contributed by atoms with Crippen LogP contribution in [-0.2, 0) is 28.6 Å². The largest absolute Gasteiger partial charge is 0.462 e. The second kappa shape index (κ2) is 54.7. The van der Waals surface area contributed by atoms with Crippen LogP contribution in [0.5, 0.6) is 0 Å². The van der Waals surface area contributed by atoms with E-state index in [0.717, 1.165) is 103 Å². The summed E-state index contributed by atoms with van der Waals surface area (Å²) < 4.78 is 16.7. The van der Waals surface area contributed by atoms with Crippen molar-refractivity contribution in [3.63, 3.8) is 0 Å². The summed E-state index contributed by atoms with van der Waals surface area (Å²) in [6.45, 7) is 6.40. The Kier molecular flexibility index (Phi) is 51.5. The van der Waals surface area contributed by atoms with Crippen LogP contribution in [0.15, 0.2) is 109 Å². The molecule has 0 aromatic heterocycles. The summed E-state index contributed by atoms with van der Waals surface area (Å²) in [7, 11) is 0. The number of hydrogen-bond donors (Lipinski definition) is 0. The molecule has 1 atom stereocenters. The molecule has 0 fully saturated rings. The number of rotatable bonds is 48. The Balaban J connectivity index is 4.52. The molecule has 6 nitrogen and oxygen atoms in total. The van der Waals surface area contributed by atoms with Gasteiger partial charge >= 0.3 is 17.9 Å². The van der Waals surface area contributed by atoms with E-state index in [1.807, 2.05) is 6.08 Å². The summed E-state index contributed by atoms with van der Waals surface area (Å²) in [5, 5.41) is 0. The molecule has 380 valence electrons. The Morgan fingerprint density at radius 3 is 1.04 bits per heavy atom. The van der Waals surface area contributed by atoms with Gasteiger partial charge in [0.2, 0.25) is 0 Å². The smallest absolute Gasteiger partial charge is 0.306 e. The van der Waals surface area contributed by atoms with E-state index in [4.69, 9.17) is 14.2 Å². The molecule has 0 aliphatic carbocycles. The van der Waals surface area contributed by atoms with Crippen LogP contribution in [0.1, 0.15) is 239 Å². The molecule has 0 saturated carbocycles. The fraction of sp³-hybridized carbons (Fsp3) is 0.656. The lowest BCUT2D eigenvalue weighted by molar-refractivity contribution is -0.166. The monoisotopic (exact) mass is 929 g/mol. The molecule has 0 saturated heterocycles. The maximum Gasteiger partial charge on any atom is 0.306 e. The molecule has 67 heavy (non-hydrogen) atoms. The van der Waals surface area contributed by atoms with Gasteiger partial charge in [0.25, 0.3) is 0 Å². The zero-order valence-corrected chi connectivity index (χ0v) is 43.4. The molecule has 0 rings (SSSR count). The highest BCUT2D eigenvalue weighted by atomic mass is 16.6. The Labute approximate surface area is 412 Å². The van der Waals surface area contributed by atoms with Crippen LogP contribution >= 0.6 is 0 Å². The van der Waals surface area contributed by atoms with Gasteiger partial charge in [-0.1, -0.05) is 214 Å². The van der Waals surface area contributed by atoms with Crippen LogP contribution in [0.25, 0.3) is 0 Å². The molecule has 0 bridgehead atoms. The number of hydrogen-bond acceptors (Lipinski definition) is 6. The number of allylic oxidation sites excluding steroid dienone is 18. The van der Waals surface area contributed by atoms with Gasteiger partial charge in [0.15, 0.2) is 6.10 Å². The first-order valence-corrected chi connectivity index (χ1v) is 27.4. The van der Waals surface area contributed by atoms with Crippen molar-refractivity contribution in [1.29, 1.82) is 0 Å². The van der Waals surface area contributed by atoms with E-state index in [1.165, 1.54) is 89.9 Å². The molecule has 1 unspecified atom stereocenters. The van der Waals surface area contributed by atoms with Gasteiger partial charge in [0.1, 0.15) is 13.2 Å². The second-order valence-corrected chi connectivity index (χ2v) is 17.7.